The van der Waals surface area contributed by atoms with Crippen LogP contribution < -0.4 is 5.63 Å². The lowest BCUT2D eigenvalue weighted by atomic mass is 9.93. The van der Waals surface area contributed by atoms with E-state index in [1.165, 1.54) is 32.0 Å². The molecular formula is C25H34O14. The van der Waals surface area contributed by atoms with Gasteiger partial charge in [-0.1, -0.05) is 0 Å². The SMILES string of the molecule is CC(C)(OC1OC(COC2OCC(O)(CO)C2O)C(O)C(O)C1O)C(O)Cc1cc2ccc(=O)oc2cc1O. The van der Waals surface area contributed by atoms with Crippen LogP contribution in [0.15, 0.2) is 33.5 Å². The average Bonchev–Trinajstić information content (AvgIpc) is 3.17. The molecule has 39 heavy (non-hydrogen) atoms. The summed E-state index contributed by atoms with van der Waals surface area (Å²) in [5.41, 5.74) is -3.43. The van der Waals surface area contributed by atoms with Gasteiger partial charge in [-0.25, -0.2) is 4.79 Å². The summed E-state index contributed by atoms with van der Waals surface area (Å²) in [5.74, 6) is -0.221. The Morgan fingerprint density at radius 2 is 1.82 bits per heavy atom. The Hall–Kier alpha value is -2.21. The fourth-order valence-electron chi connectivity index (χ4n) is 4.42. The third-order valence-corrected chi connectivity index (χ3v) is 7.13. The lowest BCUT2D eigenvalue weighted by molar-refractivity contribution is -0.336. The van der Waals surface area contributed by atoms with Crippen LogP contribution in [0.3, 0.4) is 0 Å². The summed E-state index contributed by atoms with van der Waals surface area (Å²) >= 11 is 0. The van der Waals surface area contributed by atoms with Gasteiger partial charge in [-0.2, -0.15) is 0 Å². The number of hydrogen-bond donors (Lipinski definition) is 8. The zero-order valence-corrected chi connectivity index (χ0v) is 21.3. The first-order valence-corrected chi connectivity index (χ1v) is 12.3. The Morgan fingerprint density at radius 3 is 2.49 bits per heavy atom. The van der Waals surface area contributed by atoms with E-state index < -0.39 is 85.9 Å². The molecule has 1 aromatic heterocycles. The first-order valence-electron chi connectivity index (χ1n) is 12.3. The molecule has 218 valence electrons. The van der Waals surface area contributed by atoms with Crippen LogP contribution in [-0.2, 0) is 25.4 Å². The van der Waals surface area contributed by atoms with E-state index in [0.29, 0.717) is 10.9 Å². The number of aromatic hydroxyl groups is 1. The van der Waals surface area contributed by atoms with Crippen molar-refractivity contribution in [2.75, 3.05) is 19.8 Å². The van der Waals surface area contributed by atoms with Crippen LogP contribution >= 0.6 is 0 Å². The average molecular weight is 559 g/mol. The second kappa shape index (κ2) is 11.3. The van der Waals surface area contributed by atoms with Gasteiger partial charge in [0.15, 0.2) is 12.6 Å². The molecule has 0 aliphatic carbocycles. The third kappa shape index (κ3) is 6.11. The summed E-state index contributed by atoms with van der Waals surface area (Å²) in [4.78, 5) is 11.4. The first kappa shape index (κ1) is 29.8. The Bertz CT molecular complexity index is 1200. The summed E-state index contributed by atoms with van der Waals surface area (Å²) in [6, 6.07) is 5.54. The maximum atomic E-state index is 11.4. The molecule has 9 unspecified atom stereocenters. The van der Waals surface area contributed by atoms with Gasteiger partial charge in [-0.3, -0.25) is 0 Å². The maximum absolute atomic E-state index is 11.4. The maximum Gasteiger partial charge on any atom is 0.336 e. The van der Waals surface area contributed by atoms with Crippen LogP contribution in [0.5, 0.6) is 5.75 Å². The van der Waals surface area contributed by atoms with Gasteiger partial charge in [0, 0.05) is 23.9 Å². The summed E-state index contributed by atoms with van der Waals surface area (Å²) in [6.45, 7) is 1.35. The van der Waals surface area contributed by atoms with E-state index in [1.54, 1.807) is 6.07 Å². The molecular weight excluding hydrogens is 524 g/mol. The molecule has 9 atom stereocenters. The van der Waals surface area contributed by atoms with Gasteiger partial charge in [0.25, 0.3) is 0 Å². The molecule has 3 heterocycles. The molecule has 0 spiro atoms. The van der Waals surface area contributed by atoms with Crippen molar-refractivity contribution in [1.82, 2.24) is 0 Å². The Balaban J connectivity index is 1.42. The molecule has 0 radical (unpaired) electrons. The Morgan fingerprint density at radius 1 is 1.10 bits per heavy atom. The third-order valence-electron chi connectivity index (χ3n) is 7.13. The van der Waals surface area contributed by atoms with E-state index >= 15 is 0 Å². The van der Waals surface area contributed by atoms with Crippen LogP contribution in [0.2, 0.25) is 0 Å². The summed E-state index contributed by atoms with van der Waals surface area (Å²) in [7, 11) is 0. The quantitative estimate of drug-likeness (QED) is 0.148. The minimum Gasteiger partial charge on any atom is -0.508 e. The van der Waals surface area contributed by atoms with Crippen molar-refractivity contribution >= 4 is 11.0 Å². The van der Waals surface area contributed by atoms with E-state index in [-0.39, 0.29) is 17.8 Å². The zero-order valence-electron chi connectivity index (χ0n) is 21.3. The number of aliphatic hydroxyl groups is 7. The first-order chi connectivity index (χ1) is 18.3. The molecule has 2 saturated heterocycles. The molecule has 2 aliphatic rings. The molecule has 14 nitrogen and oxygen atoms in total. The van der Waals surface area contributed by atoms with Crippen LogP contribution in [0, 0.1) is 0 Å². The van der Waals surface area contributed by atoms with Crippen LogP contribution in [-0.4, -0.2) is 121 Å². The number of aliphatic hydroxyl groups excluding tert-OH is 6. The summed E-state index contributed by atoms with van der Waals surface area (Å²) < 4.78 is 27.0. The smallest absolute Gasteiger partial charge is 0.336 e. The highest BCUT2D eigenvalue weighted by atomic mass is 16.7. The molecule has 0 bridgehead atoms. The zero-order chi connectivity index (χ0) is 28.7. The van der Waals surface area contributed by atoms with Crippen molar-refractivity contribution in [2.24, 2.45) is 0 Å². The van der Waals surface area contributed by atoms with Crippen LogP contribution in [0.4, 0.5) is 0 Å². The van der Waals surface area contributed by atoms with E-state index in [9.17, 15) is 45.6 Å². The molecule has 14 heteroatoms. The number of ether oxygens (including phenoxy) is 4. The van der Waals surface area contributed by atoms with Gasteiger partial charge >= 0.3 is 5.63 Å². The number of hydrogen-bond acceptors (Lipinski definition) is 14. The normalized spacial score (nSPS) is 34.4. The largest absolute Gasteiger partial charge is 0.508 e. The van der Waals surface area contributed by atoms with Crippen molar-refractivity contribution in [3.63, 3.8) is 0 Å². The minimum absolute atomic E-state index is 0.112. The van der Waals surface area contributed by atoms with Gasteiger partial charge in [0.1, 0.15) is 47.5 Å². The van der Waals surface area contributed by atoms with Gasteiger partial charge in [-0.15, -0.1) is 0 Å². The van der Waals surface area contributed by atoms with Crippen LogP contribution in [0.1, 0.15) is 19.4 Å². The molecule has 2 aromatic rings. The molecule has 2 fully saturated rings. The topological polar surface area (TPSA) is 229 Å². The standard InChI is InChI=1S/C25H34O14/c1-24(2,16(28)6-12-5-11-3-4-17(29)37-14(11)7-13(12)27)39-22-20(32)19(31)18(30)15(38-22)8-35-23-21(33)25(34,9-26)10-36-23/h3-5,7,15-16,18-23,26-28,30-34H,6,8-10H2,1-2H3. The fourth-order valence-corrected chi connectivity index (χ4v) is 4.42. The van der Waals surface area contributed by atoms with Crippen molar-refractivity contribution in [1.29, 1.82) is 0 Å². The highest BCUT2D eigenvalue weighted by molar-refractivity contribution is 5.79. The Kier molecular flexibility index (Phi) is 8.66. The van der Waals surface area contributed by atoms with Crippen LogP contribution in [0.25, 0.3) is 11.0 Å². The van der Waals surface area contributed by atoms with Crippen molar-refractivity contribution in [2.45, 2.75) is 80.7 Å². The van der Waals surface area contributed by atoms with Crippen molar-refractivity contribution in [3.05, 3.63) is 40.2 Å². The molecule has 4 rings (SSSR count). The van der Waals surface area contributed by atoms with E-state index in [4.69, 9.17) is 23.4 Å². The second-order valence-electron chi connectivity index (χ2n) is 10.4. The molecule has 8 N–H and O–H groups in total. The molecule has 1 aromatic carbocycles. The molecule has 2 aliphatic heterocycles. The van der Waals surface area contributed by atoms with E-state index in [2.05, 4.69) is 0 Å². The monoisotopic (exact) mass is 558 g/mol. The van der Waals surface area contributed by atoms with Gasteiger partial charge in [0.2, 0.25) is 0 Å². The highest BCUT2D eigenvalue weighted by Gasteiger charge is 2.50. The minimum atomic E-state index is -1.93. The van der Waals surface area contributed by atoms with Crippen molar-refractivity contribution in [3.8, 4) is 5.75 Å². The lowest BCUT2D eigenvalue weighted by Crippen LogP contribution is -2.61. The van der Waals surface area contributed by atoms with Gasteiger partial charge in [-0.05, 0) is 31.5 Å². The van der Waals surface area contributed by atoms with Crippen molar-refractivity contribution < 1.29 is 64.2 Å². The predicted molar refractivity (Wildman–Crippen MR) is 129 cm³/mol. The van der Waals surface area contributed by atoms with E-state index in [0.717, 1.165) is 0 Å². The van der Waals surface area contributed by atoms with Gasteiger partial charge < -0.3 is 64.2 Å². The predicted octanol–water partition coefficient (Wildman–Crippen LogP) is -2.54. The highest BCUT2D eigenvalue weighted by Crippen LogP contribution is 2.32. The number of benzene rings is 1. The molecule has 0 amide bonds. The summed E-state index contributed by atoms with van der Waals surface area (Å²) in [6.07, 6.45) is -12.2. The molecule has 0 saturated carbocycles. The Labute approximate surface area is 222 Å². The number of fused-ring (bicyclic) bond motifs is 1. The fraction of sp³-hybridized carbons (Fsp3) is 0.640. The lowest BCUT2D eigenvalue weighted by Gasteiger charge is -2.44. The summed E-state index contributed by atoms with van der Waals surface area (Å²) in [5, 5.41) is 82.6. The second-order valence-corrected chi connectivity index (χ2v) is 10.4. The van der Waals surface area contributed by atoms with Gasteiger partial charge in [0.05, 0.1) is 31.5 Å². The number of phenolic OH excluding ortho intramolecular Hbond substituents is 1. The number of phenols is 1. The van der Waals surface area contributed by atoms with E-state index in [1.807, 2.05) is 0 Å². The number of rotatable bonds is 9.